The van der Waals surface area contributed by atoms with Gasteiger partial charge in [-0.2, -0.15) is 0 Å². The van der Waals surface area contributed by atoms with Crippen molar-refractivity contribution in [2.75, 3.05) is 19.0 Å². The smallest absolute Gasteiger partial charge is 0.257 e. The summed E-state index contributed by atoms with van der Waals surface area (Å²) in [5.41, 5.74) is 0.546. The zero-order valence-electron chi connectivity index (χ0n) is 11.5. The molecular formula is C14H15N3O3S. The molecule has 0 aliphatic carbocycles. The lowest BCUT2D eigenvalue weighted by Crippen LogP contribution is -2.11. The molecule has 0 saturated carbocycles. The van der Waals surface area contributed by atoms with Crippen LogP contribution in [0.2, 0.25) is 0 Å². The minimum Gasteiger partial charge on any atom is -0.497 e. The lowest BCUT2D eigenvalue weighted by atomic mass is 10.2. The van der Waals surface area contributed by atoms with E-state index in [-0.39, 0.29) is 12.0 Å². The van der Waals surface area contributed by atoms with Crippen molar-refractivity contribution in [3.63, 3.8) is 0 Å². The maximum absolute atomic E-state index is 12.1. The molecule has 6 nitrogen and oxygen atoms in total. The van der Waals surface area contributed by atoms with Crippen molar-refractivity contribution >= 4 is 22.4 Å². The maximum atomic E-state index is 12.1. The summed E-state index contributed by atoms with van der Waals surface area (Å²) in [5, 5.41) is 12.1. The number of benzene rings is 1. The summed E-state index contributed by atoms with van der Waals surface area (Å²) in [7, 11) is 1.59. The van der Waals surface area contributed by atoms with Gasteiger partial charge in [-0.3, -0.25) is 10.1 Å². The van der Waals surface area contributed by atoms with Crippen molar-refractivity contribution in [3.05, 3.63) is 34.8 Å². The summed E-state index contributed by atoms with van der Waals surface area (Å²) >= 11 is 1.36. The molecule has 1 aliphatic heterocycles. The molecule has 1 atom stereocenters. The van der Waals surface area contributed by atoms with E-state index in [9.17, 15) is 4.79 Å². The number of nitrogens with one attached hydrogen (secondary N) is 1. The SMILES string of the molecule is COc1ccc(C(=O)Nc2nnc([C@@H]3CCCO3)s2)cc1. The van der Waals surface area contributed by atoms with Crippen LogP contribution in [0.25, 0.3) is 0 Å². The van der Waals surface area contributed by atoms with Gasteiger partial charge in [0.1, 0.15) is 16.9 Å². The predicted molar refractivity (Wildman–Crippen MR) is 78.8 cm³/mol. The third-order valence-corrected chi connectivity index (χ3v) is 4.15. The average Bonchev–Trinajstić information content (AvgIpc) is 3.18. The fourth-order valence-electron chi connectivity index (χ4n) is 2.10. The monoisotopic (exact) mass is 305 g/mol. The van der Waals surface area contributed by atoms with Crippen molar-refractivity contribution in [1.29, 1.82) is 0 Å². The Hall–Kier alpha value is -1.99. The minimum atomic E-state index is -0.215. The molecule has 0 radical (unpaired) electrons. The molecule has 21 heavy (non-hydrogen) atoms. The number of carbonyl (C=O) groups excluding carboxylic acids is 1. The van der Waals surface area contributed by atoms with Gasteiger partial charge in [0.2, 0.25) is 5.13 Å². The first kappa shape index (κ1) is 14.0. The fraction of sp³-hybridized carbons (Fsp3) is 0.357. The molecular weight excluding hydrogens is 290 g/mol. The normalized spacial score (nSPS) is 17.7. The molecule has 1 amide bonds. The second-order valence-electron chi connectivity index (χ2n) is 4.63. The van der Waals surface area contributed by atoms with Crippen molar-refractivity contribution in [3.8, 4) is 5.75 Å². The van der Waals surface area contributed by atoms with E-state index in [0.29, 0.717) is 16.4 Å². The topological polar surface area (TPSA) is 73.3 Å². The van der Waals surface area contributed by atoms with E-state index >= 15 is 0 Å². The highest BCUT2D eigenvalue weighted by Gasteiger charge is 2.22. The molecule has 1 fully saturated rings. The molecule has 1 aromatic carbocycles. The van der Waals surface area contributed by atoms with Gasteiger partial charge in [0.15, 0.2) is 0 Å². The third-order valence-electron chi connectivity index (χ3n) is 3.22. The number of hydrogen-bond acceptors (Lipinski definition) is 6. The van der Waals surface area contributed by atoms with E-state index in [4.69, 9.17) is 9.47 Å². The predicted octanol–water partition coefficient (Wildman–Crippen LogP) is 2.65. The van der Waals surface area contributed by atoms with Crippen LogP contribution in [0.1, 0.15) is 34.3 Å². The fourth-order valence-corrected chi connectivity index (χ4v) is 2.92. The Bertz CT molecular complexity index is 621. The van der Waals surface area contributed by atoms with Gasteiger partial charge in [-0.25, -0.2) is 0 Å². The molecule has 1 N–H and O–H groups in total. The van der Waals surface area contributed by atoms with Crippen molar-refractivity contribution in [1.82, 2.24) is 10.2 Å². The van der Waals surface area contributed by atoms with Crippen LogP contribution in [0.15, 0.2) is 24.3 Å². The molecule has 3 rings (SSSR count). The van der Waals surface area contributed by atoms with Crippen molar-refractivity contribution < 1.29 is 14.3 Å². The van der Waals surface area contributed by atoms with Crippen LogP contribution in [-0.2, 0) is 4.74 Å². The third kappa shape index (κ3) is 3.20. The summed E-state index contributed by atoms with van der Waals surface area (Å²) in [6.45, 7) is 0.762. The second-order valence-corrected chi connectivity index (χ2v) is 5.64. The van der Waals surface area contributed by atoms with E-state index in [0.717, 1.165) is 24.5 Å². The summed E-state index contributed by atoms with van der Waals surface area (Å²) in [4.78, 5) is 12.1. The molecule has 2 aromatic rings. The number of aromatic nitrogens is 2. The quantitative estimate of drug-likeness (QED) is 0.940. The highest BCUT2D eigenvalue weighted by atomic mass is 32.1. The highest BCUT2D eigenvalue weighted by Crippen LogP contribution is 2.32. The molecule has 0 unspecified atom stereocenters. The number of ether oxygens (including phenoxy) is 2. The number of anilines is 1. The summed E-state index contributed by atoms with van der Waals surface area (Å²) in [6, 6.07) is 6.89. The Kier molecular flexibility index (Phi) is 4.12. The number of carbonyl (C=O) groups is 1. The highest BCUT2D eigenvalue weighted by molar-refractivity contribution is 7.15. The summed E-state index contributed by atoms with van der Waals surface area (Å²) < 4.78 is 10.6. The van der Waals surface area contributed by atoms with Crippen LogP contribution in [0.4, 0.5) is 5.13 Å². The Labute approximate surface area is 126 Å². The summed E-state index contributed by atoms with van der Waals surface area (Å²) in [5.74, 6) is 0.496. The van der Waals surface area contributed by atoms with E-state index in [1.165, 1.54) is 11.3 Å². The lowest BCUT2D eigenvalue weighted by Gasteiger charge is -2.03. The first-order valence-electron chi connectivity index (χ1n) is 6.66. The van der Waals surface area contributed by atoms with E-state index < -0.39 is 0 Å². The first-order chi connectivity index (χ1) is 10.3. The summed E-state index contributed by atoms with van der Waals surface area (Å²) in [6.07, 6.45) is 2.02. The standard InChI is InChI=1S/C14H15N3O3S/c1-19-10-6-4-9(5-7-10)12(18)15-14-17-16-13(21-14)11-3-2-8-20-11/h4-7,11H,2-3,8H2,1H3,(H,15,17,18)/t11-/m0/s1. The lowest BCUT2D eigenvalue weighted by molar-refractivity contribution is 0.102. The number of methoxy groups -OCH3 is 1. The Morgan fingerprint density at radius 3 is 2.86 bits per heavy atom. The number of amides is 1. The molecule has 1 aliphatic rings. The second kappa shape index (κ2) is 6.19. The van der Waals surface area contributed by atoms with Crippen LogP contribution < -0.4 is 10.1 Å². The van der Waals surface area contributed by atoms with E-state index in [1.54, 1.807) is 31.4 Å². The van der Waals surface area contributed by atoms with Crippen molar-refractivity contribution in [2.45, 2.75) is 18.9 Å². The van der Waals surface area contributed by atoms with Crippen molar-refractivity contribution in [2.24, 2.45) is 0 Å². The van der Waals surface area contributed by atoms with E-state index in [1.807, 2.05) is 0 Å². The molecule has 2 heterocycles. The first-order valence-corrected chi connectivity index (χ1v) is 7.48. The van der Waals surface area contributed by atoms with Crippen LogP contribution >= 0.6 is 11.3 Å². The number of hydrogen-bond donors (Lipinski definition) is 1. The van der Waals surface area contributed by atoms with Gasteiger partial charge >= 0.3 is 0 Å². The Balaban J connectivity index is 1.66. The number of nitrogens with zero attached hydrogens (tertiary/aromatic N) is 2. The van der Waals surface area contributed by atoms with Gasteiger partial charge in [0.05, 0.1) is 7.11 Å². The molecule has 7 heteroatoms. The maximum Gasteiger partial charge on any atom is 0.257 e. The molecule has 1 saturated heterocycles. The van der Waals surface area contributed by atoms with Crippen LogP contribution in [-0.4, -0.2) is 29.8 Å². The zero-order chi connectivity index (χ0) is 14.7. The Morgan fingerprint density at radius 1 is 1.38 bits per heavy atom. The molecule has 1 aromatic heterocycles. The van der Waals surface area contributed by atoms with Crippen LogP contribution in [0, 0.1) is 0 Å². The molecule has 0 spiro atoms. The van der Waals surface area contributed by atoms with Gasteiger partial charge in [-0.1, -0.05) is 11.3 Å². The van der Waals surface area contributed by atoms with Gasteiger partial charge in [0, 0.05) is 12.2 Å². The van der Waals surface area contributed by atoms with Gasteiger partial charge in [-0.15, -0.1) is 10.2 Å². The van der Waals surface area contributed by atoms with Crippen LogP contribution in [0.5, 0.6) is 5.75 Å². The Morgan fingerprint density at radius 2 is 2.19 bits per heavy atom. The average molecular weight is 305 g/mol. The van der Waals surface area contributed by atoms with Gasteiger partial charge in [-0.05, 0) is 37.1 Å². The van der Waals surface area contributed by atoms with E-state index in [2.05, 4.69) is 15.5 Å². The minimum absolute atomic E-state index is 0.0224. The van der Waals surface area contributed by atoms with Gasteiger partial charge < -0.3 is 9.47 Å². The molecule has 0 bridgehead atoms. The van der Waals surface area contributed by atoms with Gasteiger partial charge in [0.25, 0.3) is 5.91 Å². The zero-order valence-corrected chi connectivity index (χ0v) is 12.4. The van der Waals surface area contributed by atoms with Crippen LogP contribution in [0.3, 0.4) is 0 Å². The largest absolute Gasteiger partial charge is 0.497 e. The number of rotatable bonds is 4. The molecule has 110 valence electrons.